The molecule has 1 aromatic carbocycles. The molecule has 0 saturated carbocycles. The minimum absolute atomic E-state index is 0.372. The molecule has 0 aromatic heterocycles. The number of rotatable bonds is 1. The van der Waals surface area contributed by atoms with Crippen LogP contribution in [0.25, 0.3) is 0 Å². The van der Waals surface area contributed by atoms with Gasteiger partial charge < -0.3 is 9.31 Å². The summed E-state index contributed by atoms with van der Waals surface area (Å²) >= 11 is 11.8. The molecule has 17 heavy (non-hydrogen) atoms. The number of hydrogen-bond acceptors (Lipinski definition) is 2. The summed E-state index contributed by atoms with van der Waals surface area (Å²) in [7, 11) is -0.787. The van der Waals surface area contributed by atoms with Gasteiger partial charge in [0.2, 0.25) is 0 Å². The Morgan fingerprint density at radius 2 is 1.76 bits per heavy atom. The lowest BCUT2D eigenvalue weighted by atomic mass is 9.79. The van der Waals surface area contributed by atoms with E-state index >= 15 is 0 Å². The van der Waals surface area contributed by atoms with Crippen LogP contribution in [-0.2, 0) is 9.31 Å². The molecule has 0 spiro atoms. The van der Waals surface area contributed by atoms with Crippen LogP contribution < -0.4 is 5.46 Å². The molecule has 1 heterocycles. The van der Waals surface area contributed by atoms with E-state index in [1.165, 1.54) is 6.92 Å². The molecule has 1 fully saturated rings. The van der Waals surface area contributed by atoms with Crippen LogP contribution >= 0.6 is 23.2 Å². The van der Waals surface area contributed by atoms with Gasteiger partial charge in [0.25, 0.3) is 0 Å². The highest BCUT2D eigenvalue weighted by Crippen LogP contribution is 2.36. The molecule has 2 rings (SSSR count). The van der Waals surface area contributed by atoms with Crippen LogP contribution in [0.3, 0.4) is 0 Å². The van der Waals surface area contributed by atoms with Gasteiger partial charge >= 0.3 is 7.12 Å². The molecule has 1 aliphatic rings. The maximum Gasteiger partial charge on any atom is 0.494 e. The van der Waals surface area contributed by atoms with Crippen LogP contribution in [0, 0.1) is 0 Å². The van der Waals surface area contributed by atoms with Crippen molar-refractivity contribution in [1.82, 2.24) is 0 Å². The van der Waals surface area contributed by atoms with Gasteiger partial charge in [-0.05, 0) is 45.2 Å². The fourth-order valence-corrected chi connectivity index (χ4v) is 1.86. The first kappa shape index (κ1) is 9.68. The highest BCUT2D eigenvalue weighted by molar-refractivity contribution is 6.62. The van der Waals surface area contributed by atoms with E-state index in [1.54, 1.807) is 32.0 Å². The van der Waals surface area contributed by atoms with Crippen LogP contribution in [0.5, 0.6) is 0 Å². The second kappa shape index (κ2) is 4.16. The average molecular weight is 276 g/mol. The van der Waals surface area contributed by atoms with Crippen molar-refractivity contribution in [2.45, 2.75) is 38.8 Å². The average Bonchev–Trinajstić information content (AvgIpc) is 2.54. The Morgan fingerprint density at radius 1 is 1.12 bits per heavy atom. The maximum atomic E-state index is 7.69. The summed E-state index contributed by atoms with van der Waals surface area (Å²) in [6.45, 7) is 2.65. The molecule has 1 saturated heterocycles. The highest BCUT2D eigenvalue weighted by Gasteiger charge is 2.51. The summed E-state index contributed by atoms with van der Waals surface area (Å²) in [6.07, 6.45) is 0. The summed E-state index contributed by atoms with van der Waals surface area (Å²) in [5, 5.41) is 0.794. The zero-order valence-electron chi connectivity index (χ0n) is 12.9. The van der Waals surface area contributed by atoms with Gasteiger partial charge in [0.05, 0.1) is 21.2 Å². The fourth-order valence-electron chi connectivity index (χ4n) is 1.56. The molecule has 0 amide bonds. The van der Waals surface area contributed by atoms with Gasteiger partial charge in [0, 0.05) is 4.11 Å². The molecule has 0 bridgehead atoms. The minimum Gasteiger partial charge on any atom is -0.399 e. The predicted octanol–water partition coefficient (Wildman–Crippen LogP) is 3.29. The van der Waals surface area contributed by atoms with Crippen molar-refractivity contribution in [3.05, 3.63) is 28.2 Å². The Bertz CT molecular complexity index is 536. The lowest BCUT2D eigenvalue weighted by molar-refractivity contribution is 0.00578. The van der Waals surface area contributed by atoms with Crippen molar-refractivity contribution in [3.63, 3.8) is 0 Å². The molecule has 0 aliphatic carbocycles. The lowest BCUT2D eigenvalue weighted by Crippen LogP contribution is -2.41. The summed E-state index contributed by atoms with van der Waals surface area (Å²) in [5.41, 5.74) is -1.73. The van der Waals surface area contributed by atoms with Crippen LogP contribution in [0.2, 0.25) is 10.0 Å². The van der Waals surface area contributed by atoms with Gasteiger partial charge in [-0.2, -0.15) is 0 Å². The second-order valence-corrected chi connectivity index (χ2v) is 5.60. The third kappa shape index (κ3) is 2.34. The molecule has 92 valence electrons. The van der Waals surface area contributed by atoms with Crippen molar-refractivity contribution < 1.29 is 13.4 Å². The van der Waals surface area contributed by atoms with Crippen LogP contribution in [0.15, 0.2) is 18.2 Å². The summed E-state index contributed by atoms with van der Waals surface area (Å²) in [6, 6.07) is 4.96. The molecule has 0 radical (unpaired) electrons. The molecule has 1 unspecified atom stereocenters. The number of benzene rings is 1. The van der Waals surface area contributed by atoms with Gasteiger partial charge in [0.15, 0.2) is 0 Å². The van der Waals surface area contributed by atoms with E-state index in [-0.39, 0.29) is 0 Å². The van der Waals surface area contributed by atoms with Crippen LogP contribution in [-0.4, -0.2) is 18.3 Å². The fraction of sp³-hybridized carbons (Fsp3) is 0.500. The van der Waals surface area contributed by atoms with E-state index in [1.807, 2.05) is 0 Å². The summed E-state index contributed by atoms with van der Waals surface area (Å²) in [4.78, 5) is 0. The zero-order valence-corrected chi connectivity index (χ0v) is 11.4. The smallest absolute Gasteiger partial charge is 0.399 e. The van der Waals surface area contributed by atoms with Crippen molar-refractivity contribution in [3.8, 4) is 0 Å². The van der Waals surface area contributed by atoms with E-state index in [9.17, 15) is 0 Å². The molecule has 5 heteroatoms. The van der Waals surface area contributed by atoms with E-state index in [4.69, 9.17) is 36.6 Å². The van der Waals surface area contributed by atoms with Gasteiger partial charge in [-0.25, -0.2) is 0 Å². The Hall–Kier alpha value is -0.215. The van der Waals surface area contributed by atoms with Gasteiger partial charge in [-0.3, -0.25) is 0 Å². The molecule has 1 aromatic rings. The zero-order chi connectivity index (χ0) is 15.3. The van der Waals surface area contributed by atoms with E-state index < -0.39 is 25.2 Å². The third-order valence-corrected chi connectivity index (χ3v) is 3.85. The van der Waals surface area contributed by atoms with Crippen molar-refractivity contribution in [1.29, 1.82) is 0 Å². The molecular weight excluding hydrogens is 258 g/mol. The van der Waals surface area contributed by atoms with Gasteiger partial charge in [0.1, 0.15) is 0 Å². The van der Waals surface area contributed by atoms with E-state index in [0.29, 0.717) is 15.5 Å². The Morgan fingerprint density at radius 3 is 2.29 bits per heavy atom. The van der Waals surface area contributed by atoms with Gasteiger partial charge in [-0.1, -0.05) is 29.3 Å². The van der Waals surface area contributed by atoms with E-state index in [0.717, 1.165) is 0 Å². The molecule has 0 N–H and O–H groups in total. The van der Waals surface area contributed by atoms with Crippen molar-refractivity contribution in [2.75, 3.05) is 0 Å². The standard InChI is InChI=1S/C12H15BCl2O2/c1-11(2)12(3,4)17-13(16-11)8-5-6-9(14)10(15)7-8/h5-7H,1-4H3/i1D3. The molecular formula is C12H15BCl2O2. The highest BCUT2D eigenvalue weighted by atomic mass is 35.5. The third-order valence-electron chi connectivity index (χ3n) is 3.11. The normalized spacial score (nSPS) is 30.9. The predicted molar refractivity (Wildman–Crippen MR) is 72.2 cm³/mol. The number of halogens is 2. The van der Waals surface area contributed by atoms with Crippen LogP contribution in [0.4, 0.5) is 0 Å². The van der Waals surface area contributed by atoms with Crippen molar-refractivity contribution in [2.24, 2.45) is 0 Å². The summed E-state index contributed by atoms with van der Waals surface area (Å²) in [5.74, 6) is 0. The van der Waals surface area contributed by atoms with Crippen molar-refractivity contribution >= 4 is 35.8 Å². The lowest BCUT2D eigenvalue weighted by Gasteiger charge is -2.32. The molecule has 1 aliphatic heterocycles. The molecule has 1 atom stereocenters. The van der Waals surface area contributed by atoms with Crippen LogP contribution in [0.1, 0.15) is 31.7 Å². The Balaban J connectivity index is 2.37. The Labute approximate surface area is 117 Å². The maximum absolute atomic E-state index is 7.69. The first-order valence-electron chi connectivity index (χ1n) is 6.78. The number of hydrogen-bond donors (Lipinski definition) is 0. The monoisotopic (exact) mass is 275 g/mol. The van der Waals surface area contributed by atoms with E-state index in [2.05, 4.69) is 0 Å². The Kier molecular flexibility index (Phi) is 2.37. The van der Waals surface area contributed by atoms with Gasteiger partial charge in [-0.15, -0.1) is 0 Å². The molecule has 2 nitrogen and oxygen atoms in total. The quantitative estimate of drug-likeness (QED) is 0.733. The topological polar surface area (TPSA) is 18.5 Å². The SMILES string of the molecule is [2H]C([2H])([2H])C1(C)OB(c2ccc(Cl)c(Cl)c2)OC1(C)C. The minimum atomic E-state index is -2.30. The largest absolute Gasteiger partial charge is 0.494 e. The summed E-state index contributed by atoms with van der Waals surface area (Å²) < 4.78 is 34.6. The second-order valence-electron chi connectivity index (χ2n) is 4.78. The first-order valence-corrected chi connectivity index (χ1v) is 6.04. The first-order chi connectivity index (χ1) is 8.98.